The summed E-state index contributed by atoms with van der Waals surface area (Å²) in [4.78, 5) is 0. The fourth-order valence-electron chi connectivity index (χ4n) is 2.85. The molecule has 15 heavy (non-hydrogen) atoms. The normalized spacial score (nSPS) is 29.2. The Bertz CT molecular complexity index is 142. The van der Waals surface area contributed by atoms with Gasteiger partial charge >= 0.3 is 0 Å². The molecule has 1 atom stereocenters. The summed E-state index contributed by atoms with van der Waals surface area (Å²) in [6.45, 7) is 4.39. The van der Waals surface area contributed by atoms with Crippen molar-refractivity contribution >= 4 is 0 Å². The minimum atomic E-state index is 0.780. The van der Waals surface area contributed by atoms with Crippen LogP contribution in [0.15, 0.2) is 0 Å². The standard InChI is InChI=1S/C13H25NO/c1-2-5-12(6-3-1)9-14-10-13-7-4-8-15-11-13/h12-14H,1-11H2/t13-/m1/s1. The Morgan fingerprint density at radius 2 is 1.60 bits per heavy atom. The van der Waals surface area contributed by atoms with Gasteiger partial charge in [-0.1, -0.05) is 19.3 Å². The van der Waals surface area contributed by atoms with E-state index in [1.54, 1.807) is 0 Å². The van der Waals surface area contributed by atoms with Crippen molar-refractivity contribution in [2.24, 2.45) is 11.8 Å². The first-order chi connectivity index (χ1) is 7.45. The van der Waals surface area contributed by atoms with Crippen LogP contribution in [-0.2, 0) is 4.74 Å². The van der Waals surface area contributed by atoms with Gasteiger partial charge in [-0.2, -0.15) is 0 Å². The Kier molecular flexibility index (Phi) is 4.94. The summed E-state index contributed by atoms with van der Waals surface area (Å²) in [5.41, 5.74) is 0. The first kappa shape index (κ1) is 11.4. The molecular weight excluding hydrogens is 186 g/mol. The molecule has 0 amide bonds. The molecule has 0 aromatic heterocycles. The maximum atomic E-state index is 5.48. The SMILES string of the molecule is C1CCC(CNC[C@H]2CCCOC2)CC1. The molecule has 1 saturated carbocycles. The summed E-state index contributed by atoms with van der Waals surface area (Å²) in [6.07, 6.45) is 9.90. The van der Waals surface area contributed by atoms with Gasteiger partial charge in [-0.3, -0.25) is 0 Å². The zero-order chi connectivity index (χ0) is 10.3. The Balaban J connectivity index is 1.53. The van der Waals surface area contributed by atoms with Crippen molar-refractivity contribution in [3.05, 3.63) is 0 Å². The third-order valence-corrected chi connectivity index (χ3v) is 3.85. The third kappa shape index (κ3) is 4.12. The zero-order valence-corrected chi connectivity index (χ0v) is 9.84. The average Bonchev–Trinajstić information content (AvgIpc) is 2.32. The largest absolute Gasteiger partial charge is 0.381 e. The second kappa shape index (κ2) is 6.49. The average molecular weight is 211 g/mol. The van der Waals surface area contributed by atoms with E-state index in [0.717, 1.165) is 25.0 Å². The van der Waals surface area contributed by atoms with Crippen LogP contribution in [0.4, 0.5) is 0 Å². The highest BCUT2D eigenvalue weighted by Gasteiger charge is 2.16. The van der Waals surface area contributed by atoms with E-state index in [2.05, 4.69) is 5.32 Å². The summed E-state index contributed by atoms with van der Waals surface area (Å²) < 4.78 is 5.48. The highest BCUT2D eigenvalue weighted by atomic mass is 16.5. The highest BCUT2D eigenvalue weighted by Crippen LogP contribution is 2.22. The van der Waals surface area contributed by atoms with Crippen LogP contribution in [0, 0.1) is 11.8 Å². The second-order valence-electron chi connectivity index (χ2n) is 5.25. The van der Waals surface area contributed by atoms with Crippen LogP contribution < -0.4 is 5.32 Å². The lowest BCUT2D eigenvalue weighted by molar-refractivity contribution is 0.0543. The van der Waals surface area contributed by atoms with Gasteiger partial charge in [0.2, 0.25) is 0 Å². The van der Waals surface area contributed by atoms with Crippen molar-refractivity contribution in [2.75, 3.05) is 26.3 Å². The number of nitrogens with one attached hydrogen (secondary N) is 1. The molecule has 1 heterocycles. The Morgan fingerprint density at radius 1 is 0.867 bits per heavy atom. The lowest BCUT2D eigenvalue weighted by atomic mass is 9.89. The van der Waals surface area contributed by atoms with Gasteiger partial charge in [0.25, 0.3) is 0 Å². The van der Waals surface area contributed by atoms with Gasteiger partial charge in [0, 0.05) is 13.2 Å². The molecule has 2 heteroatoms. The third-order valence-electron chi connectivity index (χ3n) is 3.85. The van der Waals surface area contributed by atoms with Crippen molar-refractivity contribution < 1.29 is 4.74 Å². The molecule has 0 bridgehead atoms. The van der Waals surface area contributed by atoms with Crippen molar-refractivity contribution in [1.29, 1.82) is 0 Å². The van der Waals surface area contributed by atoms with Gasteiger partial charge in [0.1, 0.15) is 0 Å². The van der Waals surface area contributed by atoms with E-state index in [1.807, 2.05) is 0 Å². The van der Waals surface area contributed by atoms with E-state index in [4.69, 9.17) is 4.74 Å². The van der Waals surface area contributed by atoms with Crippen LogP contribution in [0.1, 0.15) is 44.9 Å². The molecule has 0 spiro atoms. The van der Waals surface area contributed by atoms with Crippen molar-refractivity contribution in [3.63, 3.8) is 0 Å². The molecule has 0 radical (unpaired) electrons. The smallest absolute Gasteiger partial charge is 0.0506 e. The van der Waals surface area contributed by atoms with E-state index in [9.17, 15) is 0 Å². The van der Waals surface area contributed by atoms with Gasteiger partial charge < -0.3 is 10.1 Å². The van der Waals surface area contributed by atoms with Crippen molar-refractivity contribution in [3.8, 4) is 0 Å². The molecule has 1 N–H and O–H groups in total. The van der Waals surface area contributed by atoms with Crippen molar-refractivity contribution in [2.45, 2.75) is 44.9 Å². The van der Waals surface area contributed by atoms with E-state index in [0.29, 0.717) is 0 Å². The minimum Gasteiger partial charge on any atom is -0.381 e. The zero-order valence-electron chi connectivity index (χ0n) is 9.84. The lowest BCUT2D eigenvalue weighted by Gasteiger charge is -2.25. The van der Waals surface area contributed by atoms with Crippen molar-refractivity contribution in [1.82, 2.24) is 5.32 Å². The monoisotopic (exact) mass is 211 g/mol. The predicted octanol–water partition coefficient (Wildman–Crippen LogP) is 2.58. The van der Waals surface area contributed by atoms with Gasteiger partial charge in [-0.05, 0) is 44.1 Å². The summed E-state index contributed by atoms with van der Waals surface area (Å²) in [5.74, 6) is 1.74. The molecule has 2 fully saturated rings. The molecular formula is C13H25NO. The summed E-state index contributed by atoms with van der Waals surface area (Å²) >= 11 is 0. The van der Waals surface area contributed by atoms with E-state index < -0.39 is 0 Å². The Labute approximate surface area is 93.8 Å². The maximum absolute atomic E-state index is 5.48. The molecule has 1 aliphatic carbocycles. The van der Waals surface area contributed by atoms with Gasteiger partial charge in [0.05, 0.1) is 6.61 Å². The fourth-order valence-corrected chi connectivity index (χ4v) is 2.85. The quantitative estimate of drug-likeness (QED) is 0.771. The highest BCUT2D eigenvalue weighted by molar-refractivity contribution is 4.70. The lowest BCUT2D eigenvalue weighted by Crippen LogP contribution is -2.32. The number of ether oxygens (including phenoxy) is 1. The molecule has 2 aliphatic rings. The Hall–Kier alpha value is -0.0800. The number of hydrogen-bond acceptors (Lipinski definition) is 2. The molecule has 0 unspecified atom stereocenters. The van der Waals surface area contributed by atoms with Gasteiger partial charge in [-0.15, -0.1) is 0 Å². The fraction of sp³-hybridized carbons (Fsp3) is 1.00. The molecule has 1 aliphatic heterocycles. The van der Waals surface area contributed by atoms with Crippen LogP contribution in [-0.4, -0.2) is 26.3 Å². The second-order valence-corrected chi connectivity index (χ2v) is 5.25. The first-order valence-electron chi connectivity index (χ1n) is 6.73. The number of rotatable bonds is 4. The topological polar surface area (TPSA) is 21.3 Å². The molecule has 2 nitrogen and oxygen atoms in total. The van der Waals surface area contributed by atoms with Gasteiger partial charge in [0.15, 0.2) is 0 Å². The summed E-state index contributed by atoms with van der Waals surface area (Å²) in [5, 5.41) is 3.64. The molecule has 1 saturated heterocycles. The van der Waals surface area contributed by atoms with Gasteiger partial charge in [-0.25, -0.2) is 0 Å². The first-order valence-corrected chi connectivity index (χ1v) is 6.73. The summed E-state index contributed by atoms with van der Waals surface area (Å²) in [6, 6.07) is 0. The van der Waals surface area contributed by atoms with Crippen LogP contribution in [0.3, 0.4) is 0 Å². The Morgan fingerprint density at radius 3 is 2.33 bits per heavy atom. The van der Waals surface area contributed by atoms with Crippen LogP contribution >= 0.6 is 0 Å². The maximum Gasteiger partial charge on any atom is 0.0506 e. The summed E-state index contributed by atoms with van der Waals surface area (Å²) in [7, 11) is 0. The van der Waals surface area contributed by atoms with Crippen LogP contribution in [0.25, 0.3) is 0 Å². The van der Waals surface area contributed by atoms with Crippen LogP contribution in [0.5, 0.6) is 0 Å². The number of hydrogen-bond donors (Lipinski definition) is 1. The predicted molar refractivity (Wildman–Crippen MR) is 63.0 cm³/mol. The van der Waals surface area contributed by atoms with E-state index in [1.165, 1.54) is 58.0 Å². The molecule has 0 aromatic rings. The molecule has 2 rings (SSSR count). The van der Waals surface area contributed by atoms with E-state index >= 15 is 0 Å². The molecule has 88 valence electrons. The minimum absolute atomic E-state index is 0.780. The molecule has 0 aromatic carbocycles. The van der Waals surface area contributed by atoms with Crippen LogP contribution in [0.2, 0.25) is 0 Å². The van der Waals surface area contributed by atoms with E-state index in [-0.39, 0.29) is 0 Å².